The van der Waals surface area contributed by atoms with Crippen LogP contribution in [-0.2, 0) is 4.79 Å². The predicted molar refractivity (Wildman–Crippen MR) is 81.6 cm³/mol. The van der Waals surface area contributed by atoms with Gasteiger partial charge in [0.05, 0.1) is 17.6 Å². The first kappa shape index (κ1) is 15.0. The second-order valence-electron chi connectivity index (χ2n) is 8.06. The van der Waals surface area contributed by atoms with E-state index in [9.17, 15) is 15.0 Å². The van der Waals surface area contributed by atoms with Crippen molar-refractivity contribution in [2.24, 2.45) is 22.7 Å². The highest BCUT2D eigenvalue weighted by molar-refractivity contribution is 6.04. The third-order valence-corrected chi connectivity index (χ3v) is 5.82. The van der Waals surface area contributed by atoms with Gasteiger partial charge in [-0.1, -0.05) is 39.8 Å². The molecule has 0 saturated heterocycles. The molecule has 1 spiro atoms. The molecule has 0 aromatic carbocycles. The number of rotatable bonds is 2. The average molecular weight is 290 g/mol. The van der Waals surface area contributed by atoms with E-state index in [1.807, 2.05) is 0 Å². The Morgan fingerprint density at radius 1 is 1.29 bits per heavy atom. The fourth-order valence-electron chi connectivity index (χ4n) is 4.32. The summed E-state index contributed by atoms with van der Waals surface area (Å²) in [6.45, 7) is 12.0. The van der Waals surface area contributed by atoms with Crippen molar-refractivity contribution in [3.8, 4) is 0 Å². The lowest BCUT2D eigenvalue weighted by atomic mass is 9.68. The summed E-state index contributed by atoms with van der Waals surface area (Å²) in [4.78, 5) is 12.9. The van der Waals surface area contributed by atoms with E-state index in [-0.39, 0.29) is 11.2 Å². The van der Waals surface area contributed by atoms with Crippen molar-refractivity contribution in [2.75, 3.05) is 0 Å². The average Bonchev–Trinajstić information content (AvgIpc) is 3.16. The molecule has 2 fully saturated rings. The lowest BCUT2D eigenvalue weighted by Crippen LogP contribution is -2.40. The molecule has 0 aromatic heterocycles. The Bertz CT molecular complexity index is 549. The number of aliphatic hydroxyl groups is 2. The number of ketones is 1. The van der Waals surface area contributed by atoms with Crippen molar-refractivity contribution < 1.29 is 15.0 Å². The van der Waals surface area contributed by atoms with Crippen LogP contribution in [0.4, 0.5) is 0 Å². The van der Waals surface area contributed by atoms with Crippen LogP contribution >= 0.6 is 0 Å². The van der Waals surface area contributed by atoms with Gasteiger partial charge in [-0.3, -0.25) is 4.79 Å². The van der Waals surface area contributed by atoms with Crippen molar-refractivity contribution in [3.05, 3.63) is 23.3 Å². The van der Waals surface area contributed by atoms with Crippen LogP contribution in [0.1, 0.15) is 47.0 Å². The Labute approximate surface area is 126 Å². The highest BCUT2D eigenvalue weighted by Crippen LogP contribution is 2.66. The van der Waals surface area contributed by atoms with Gasteiger partial charge in [0.1, 0.15) is 0 Å². The number of aliphatic hydroxyl groups excluding tert-OH is 2. The molecule has 0 radical (unpaired) electrons. The summed E-state index contributed by atoms with van der Waals surface area (Å²) in [5.41, 5.74) is 1.72. The lowest BCUT2D eigenvalue weighted by molar-refractivity contribution is -0.124. The minimum Gasteiger partial charge on any atom is -0.391 e. The second-order valence-corrected chi connectivity index (χ2v) is 8.06. The fraction of sp³-hybridized carbons (Fsp3) is 0.722. The summed E-state index contributed by atoms with van der Waals surface area (Å²) in [5, 5.41) is 21.2. The van der Waals surface area contributed by atoms with Crippen LogP contribution in [0, 0.1) is 22.7 Å². The van der Waals surface area contributed by atoms with Gasteiger partial charge in [0.2, 0.25) is 0 Å². The van der Waals surface area contributed by atoms with Gasteiger partial charge in [0.15, 0.2) is 5.78 Å². The number of Topliss-reactive ketones (excluding diaryl/α,β-unsaturated/α-hetero) is 1. The highest BCUT2D eigenvalue weighted by Gasteiger charge is 2.63. The third kappa shape index (κ3) is 1.77. The van der Waals surface area contributed by atoms with E-state index in [2.05, 4.69) is 20.4 Å². The van der Waals surface area contributed by atoms with Gasteiger partial charge in [-0.05, 0) is 30.8 Å². The molecule has 3 nitrogen and oxygen atoms in total. The molecule has 3 aliphatic carbocycles. The Morgan fingerprint density at radius 3 is 2.33 bits per heavy atom. The molecular formula is C18H26O3. The standard InChI is InChI=1S/C18H26O3/c1-9(2)8-11-12-13(16(21)17(4,5)15(12)20)14(19)10(3)18(11)6-7-18/h9,13-14,16,19,21H,3,6-8H2,1-2,4-5H3. The maximum absolute atomic E-state index is 12.9. The van der Waals surface area contributed by atoms with E-state index < -0.39 is 23.5 Å². The van der Waals surface area contributed by atoms with E-state index in [0.717, 1.165) is 36.0 Å². The number of carbonyl (C=O) groups is 1. The zero-order valence-corrected chi connectivity index (χ0v) is 13.4. The van der Waals surface area contributed by atoms with Gasteiger partial charge in [-0.15, -0.1) is 0 Å². The molecule has 2 N–H and O–H groups in total. The van der Waals surface area contributed by atoms with E-state index >= 15 is 0 Å². The quantitative estimate of drug-likeness (QED) is 0.769. The zero-order valence-electron chi connectivity index (χ0n) is 13.4. The summed E-state index contributed by atoms with van der Waals surface area (Å²) in [7, 11) is 0. The molecule has 0 aliphatic heterocycles. The number of allylic oxidation sites excluding steroid dienone is 1. The van der Waals surface area contributed by atoms with Crippen LogP contribution in [0.25, 0.3) is 0 Å². The molecule has 3 heteroatoms. The molecular weight excluding hydrogens is 264 g/mol. The second kappa shape index (κ2) is 4.30. The topological polar surface area (TPSA) is 57.5 Å². The molecule has 0 aromatic rings. The lowest BCUT2D eigenvalue weighted by Gasteiger charge is -2.38. The maximum Gasteiger partial charge on any atom is 0.167 e. The number of carbonyl (C=O) groups excluding carboxylic acids is 1. The van der Waals surface area contributed by atoms with Gasteiger partial charge < -0.3 is 10.2 Å². The largest absolute Gasteiger partial charge is 0.391 e. The molecule has 116 valence electrons. The smallest absolute Gasteiger partial charge is 0.167 e. The fourth-order valence-corrected chi connectivity index (χ4v) is 4.32. The Morgan fingerprint density at radius 2 is 1.86 bits per heavy atom. The molecule has 21 heavy (non-hydrogen) atoms. The molecule has 3 aliphatic rings. The molecule has 0 heterocycles. The van der Waals surface area contributed by atoms with Crippen LogP contribution in [0.3, 0.4) is 0 Å². The minimum atomic E-state index is -0.829. The van der Waals surface area contributed by atoms with Crippen LogP contribution in [-0.4, -0.2) is 28.2 Å². The molecule has 3 rings (SSSR count). The van der Waals surface area contributed by atoms with E-state index in [4.69, 9.17) is 0 Å². The van der Waals surface area contributed by atoms with Crippen molar-refractivity contribution in [1.82, 2.24) is 0 Å². The third-order valence-electron chi connectivity index (χ3n) is 5.82. The zero-order chi connectivity index (χ0) is 15.7. The summed E-state index contributed by atoms with van der Waals surface area (Å²) in [6, 6.07) is 0. The molecule has 0 amide bonds. The number of fused-ring (bicyclic) bond motifs is 1. The predicted octanol–water partition coefficient (Wildman–Crippen LogP) is 2.63. The SMILES string of the molecule is C=C1C(O)C2C(=C(CC(C)C)C13CC3)C(=O)C(C)(C)C2O. The van der Waals surface area contributed by atoms with Gasteiger partial charge in [-0.2, -0.15) is 0 Å². The minimum absolute atomic E-state index is 0.0217. The van der Waals surface area contributed by atoms with E-state index in [0.29, 0.717) is 5.92 Å². The Hall–Kier alpha value is -0.930. The first-order valence-corrected chi connectivity index (χ1v) is 7.98. The van der Waals surface area contributed by atoms with Crippen molar-refractivity contribution in [1.29, 1.82) is 0 Å². The molecule has 3 atom stereocenters. The summed E-state index contributed by atoms with van der Waals surface area (Å²) < 4.78 is 0. The van der Waals surface area contributed by atoms with Gasteiger partial charge in [0.25, 0.3) is 0 Å². The van der Waals surface area contributed by atoms with Crippen molar-refractivity contribution in [2.45, 2.75) is 59.2 Å². The number of hydrogen-bond acceptors (Lipinski definition) is 3. The van der Waals surface area contributed by atoms with Crippen molar-refractivity contribution in [3.63, 3.8) is 0 Å². The maximum atomic E-state index is 12.9. The monoisotopic (exact) mass is 290 g/mol. The van der Waals surface area contributed by atoms with Crippen LogP contribution in [0.2, 0.25) is 0 Å². The van der Waals surface area contributed by atoms with Crippen LogP contribution in [0.5, 0.6) is 0 Å². The first-order chi connectivity index (χ1) is 9.64. The van der Waals surface area contributed by atoms with E-state index in [1.165, 1.54) is 0 Å². The summed E-state index contributed by atoms with van der Waals surface area (Å²) >= 11 is 0. The Kier molecular flexibility index (Phi) is 3.07. The summed E-state index contributed by atoms with van der Waals surface area (Å²) in [6.07, 6.45) is 1.19. The first-order valence-electron chi connectivity index (χ1n) is 7.98. The van der Waals surface area contributed by atoms with Gasteiger partial charge in [-0.25, -0.2) is 0 Å². The van der Waals surface area contributed by atoms with Crippen LogP contribution in [0.15, 0.2) is 23.3 Å². The highest BCUT2D eigenvalue weighted by atomic mass is 16.3. The van der Waals surface area contributed by atoms with Gasteiger partial charge >= 0.3 is 0 Å². The Balaban J connectivity index is 2.21. The van der Waals surface area contributed by atoms with Gasteiger partial charge in [0, 0.05) is 16.9 Å². The molecule has 0 bridgehead atoms. The van der Waals surface area contributed by atoms with Crippen LogP contribution < -0.4 is 0 Å². The molecule has 3 unspecified atom stereocenters. The normalized spacial score (nSPS) is 36.6. The molecule has 2 saturated carbocycles. The summed E-state index contributed by atoms with van der Waals surface area (Å²) in [5.74, 6) is -0.0178. The van der Waals surface area contributed by atoms with E-state index in [1.54, 1.807) is 13.8 Å². The van der Waals surface area contributed by atoms with Crippen molar-refractivity contribution >= 4 is 5.78 Å². The number of hydrogen-bond donors (Lipinski definition) is 2.